The highest BCUT2D eigenvalue weighted by Crippen LogP contribution is 2.35. The van der Waals surface area contributed by atoms with E-state index < -0.39 is 0 Å². The van der Waals surface area contributed by atoms with Gasteiger partial charge in [0.25, 0.3) is 0 Å². The Bertz CT molecular complexity index is 585. The molecule has 18 heavy (non-hydrogen) atoms. The van der Waals surface area contributed by atoms with E-state index in [0.29, 0.717) is 5.69 Å². The van der Waals surface area contributed by atoms with Gasteiger partial charge in [0.15, 0.2) is 5.78 Å². The summed E-state index contributed by atoms with van der Waals surface area (Å²) in [7, 11) is 1.61. The van der Waals surface area contributed by atoms with E-state index in [4.69, 9.17) is 4.74 Å². The highest BCUT2D eigenvalue weighted by molar-refractivity contribution is 9.11. The molecule has 1 heterocycles. The highest BCUT2D eigenvalue weighted by Gasteiger charge is 2.10. The van der Waals surface area contributed by atoms with Crippen molar-refractivity contribution in [3.8, 4) is 11.4 Å². The van der Waals surface area contributed by atoms with E-state index in [1.807, 2.05) is 12.1 Å². The molecule has 0 radical (unpaired) electrons. The van der Waals surface area contributed by atoms with Gasteiger partial charge in [0.1, 0.15) is 17.8 Å². The standard InChI is InChI=1S/C12H10Br2N2O2/c1-7(17)11-5-16(6-15-11)8-3-9(13)12(18-2)10(14)4-8/h3-6H,1-2H3. The molecule has 0 aliphatic carbocycles. The number of aromatic nitrogens is 2. The number of ether oxygens (including phenoxy) is 1. The first-order chi connectivity index (χ1) is 8.52. The van der Waals surface area contributed by atoms with Crippen LogP contribution in [0.4, 0.5) is 0 Å². The third-order valence-corrected chi connectivity index (χ3v) is 3.61. The second kappa shape index (κ2) is 5.24. The first-order valence-corrected chi connectivity index (χ1v) is 6.70. The Morgan fingerprint density at radius 3 is 2.39 bits per heavy atom. The maximum absolute atomic E-state index is 11.2. The van der Waals surface area contributed by atoms with Gasteiger partial charge in [0.05, 0.1) is 16.1 Å². The predicted molar refractivity (Wildman–Crippen MR) is 75.5 cm³/mol. The lowest BCUT2D eigenvalue weighted by molar-refractivity contribution is 0.101. The Balaban J connectivity index is 2.47. The minimum absolute atomic E-state index is 0.0552. The van der Waals surface area contributed by atoms with Crippen LogP contribution in [-0.2, 0) is 0 Å². The van der Waals surface area contributed by atoms with Gasteiger partial charge in [-0.15, -0.1) is 0 Å². The first-order valence-electron chi connectivity index (χ1n) is 5.11. The smallest absolute Gasteiger partial charge is 0.179 e. The zero-order chi connectivity index (χ0) is 13.3. The van der Waals surface area contributed by atoms with Crippen LogP contribution >= 0.6 is 31.9 Å². The number of methoxy groups -OCH3 is 1. The molecule has 2 rings (SSSR count). The quantitative estimate of drug-likeness (QED) is 0.772. The molecule has 0 N–H and O–H groups in total. The van der Waals surface area contributed by atoms with Crippen LogP contribution < -0.4 is 4.74 Å². The molecule has 0 unspecified atom stereocenters. The lowest BCUT2D eigenvalue weighted by Crippen LogP contribution is -1.94. The summed E-state index contributed by atoms with van der Waals surface area (Å²) >= 11 is 6.87. The minimum atomic E-state index is -0.0552. The van der Waals surface area contributed by atoms with Gasteiger partial charge in [-0.25, -0.2) is 4.98 Å². The van der Waals surface area contributed by atoms with E-state index in [1.165, 1.54) is 6.92 Å². The molecule has 0 bridgehead atoms. The number of nitrogens with zero attached hydrogens (tertiary/aromatic N) is 2. The lowest BCUT2D eigenvalue weighted by atomic mass is 10.3. The third kappa shape index (κ3) is 2.49. The van der Waals surface area contributed by atoms with E-state index in [0.717, 1.165) is 20.4 Å². The van der Waals surface area contributed by atoms with Crippen molar-refractivity contribution in [3.05, 3.63) is 39.3 Å². The summed E-state index contributed by atoms with van der Waals surface area (Å²) in [5, 5.41) is 0. The topological polar surface area (TPSA) is 44.1 Å². The molecule has 0 spiro atoms. The monoisotopic (exact) mass is 372 g/mol. The van der Waals surface area contributed by atoms with Crippen molar-refractivity contribution in [1.82, 2.24) is 9.55 Å². The Morgan fingerprint density at radius 2 is 1.94 bits per heavy atom. The number of hydrogen-bond acceptors (Lipinski definition) is 3. The number of rotatable bonds is 3. The molecule has 0 amide bonds. The van der Waals surface area contributed by atoms with E-state index in [-0.39, 0.29) is 5.78 Å². The SMILES string of the molecule is COc1c(Br)cc(-n2cnc(C(C)=O)c2)cc1Br. The minimum Gasteiger partial charge on any atom is -0.494 e. The molecule has 94 valence electrons. The average Bonchev–Trinajstić information content (AvgIpc) is 2.77. The molecule has 0 aliphatic rings. The number of halogens is 2. The Hall–Kier alpha value is -1.14. The van der Waals surface area contributed by atoms with E-state index in [1.54, 1.807) is 24.2 Å². The van der Waals surface area contributed by atoms with Crippen molar-refractivity contribution >= 4 is 37.6 Å². The number of ketones is 1. The summed E-state index contributed by atoms with van der Waals surface area (Å²) in [5.74, 6) is 0.672. The van der Waals surface area contributed by atoms with E-state index >= 15 is 0 Å². The molecule has 0 aliphatic heterocycles. The van der Waals surface area contributed by atoms with Crippen LogP contribution in [0.3, 0.4) is 0 Å². The van der Waals surface area contributed by atoms with Gasteiger partial charge in [0.2, 0.25) is 0 Å². The second-order valence-electron chi connectivity index (χ2n) is 3.67. The highest BCUT2D eigenvalue weighted by atomic mass is 79.9. The Labute approximate surface area is 121 Å². The number of benzene rings is 1. The maximum Gasteiger partial charge on any atom is 0.179 e. The molecule has 0 fully saturated rings. The van der Waals surface area contributed by atoms with Crippen molar-refractivity contribution in [2.45, 2.75) is 6.92 Å². The van der Waals surface area contributed by atoms with Gasteiger partial charge in [-0.3, -0.25) is 4.79 Å². The largest absolute Gasteiger partial charge is 0.494 e. The van der Waals surface area contributed by atoms with Gasteiger partial charge >= 0.3 is 0 Å². The van der Waals surface area contributed by atoms with Crippen LogP contribution in [0.5, 0.6) is 5.75 Å². The summed E-state index contributed by atoms with van der Waals surface area (Å²) in [6.45, 7) is 1.49. The van der Waals surface area contributed by atoms with Gasteiger partial charge in [-0.05, 0) is 44.0 Å². The number of imidazole rings is 1. The summed E-state index contributed by atoms with van der Waals surface area (Å²) in [4.78, 5) is 15.3. The Morgan fingerprint density at radius 1 is 1.33 bits per heavy atom. The fraction of sp³-hybridized carbons (Fsp3) is 0.167. The maximum atomic E-state index is 11.2. The third-order valence-electron chi connectivity index (χ3n) is 2.43. The van der Waals surface area contributed by atoms with Crippen molar-refractivity contribution < 1.29 is 9.53 Å². The normalized spacial score (nSPS) is 10.4. The zero-order valence-corrected chi connectivity index (χ0v) is 12.9. The molecule has 0 saturated carbocycles. The molecular formula is C12H10Br2N2O2. The van der Waals surface area contributed by atoms with E-state index in [9.17, 15) is 4.79 Å². The number of carbonyl (C=O) groups is 1. The van der Waals surface area contributed by atoms with Gasteiger partial charge < -0.3 is 9.30 Å². The molecule has 1 aromatic carbocycles. The van der Waals surface area contributed by atoms with Crippen molar-refractivity contribution in [2.75, 3.05) is 7.11 Å². The van der Waals surface area contributed by atoms with Crippen LogP contribution in [0.2, 0.25) is 0 Å². The fourth-order valence-electron chi connectivity index (χ4n) is 1.54. The van der Waals surface area contributed by atoms with Crippen LogP contribution in [0.15, 0.2) is 33.6 Å². The number of hydrogen-bond donors (Lipinski definition) is 0. The lowest BCUT2D eigenvalue weighted by Gasteiger charge is -2.09. The van der Waals surface area contributed by atoms with Gasteiger partial charge in [-0.1, -0.05) is 0 Å². The van der Waals surface area contributed by atoms with Crippen molar-refractivity contribution in [1.29, 1.82) is 0 Å². The molecule has 0 saturated heterocycles. The second-order valence-corrected chi connectivity index (χ2v) is 5.37. The fourth-order valence-corrected chi connectivity index (χ4v) is 3.02. The van der Waals surface area contributed by atoms with Crippen LogP contribution in [0.1, 0.15) is 17.4 Å². The average molecular weight is 374 g/mol. The summed E-state index contributed by atoms with van der Waals surface area (Å²) in [6.07, 6.45) is 3.31. The van der Waals surface area contributed by atoms with Crippen LogP contribution in [0, 0.1) is 0 Å². The molecule has 2 aromatic rings. The van der Waals surface area contributed by atoms with Crippen LogP contribution in [-0.4, -0.2) is 22.4 Å². The predicted octanol–water partition coefficient (Wildman–Crippen LogP) is 3.61. The molecule has 1 aromatic heterocycles. The van der Waals surface area contributed by atoms with E-state index in [2.05, 4.69) is 36.8 Å². The summed E-state index contributed by atoms with van der Waals surface area (Å²) < 4.78 is 8.67. The Kier molecular flexibility index (Phi) is 3.87. The molecule has 6 heteroatoms. The number of carbonyl (C=O) groups excluding carboxylic acids is 1. The van der Waals surface area contributed by atoms with Crippen molar-refractivity contribution in [3.63, 3.8) is 0 Å². The zero-order valence-electron chi connectivity index (χ0n) is 9.78. The van der Waals surface area contributed by atoms with Gasteiger partial charge in [0, 0.05) is 18.8 Å². The van der Waals surface area contributed by atoms with Gasteiger partial charge in [-0.2, -0.15) is 0 Å². The first kappa shape index (κ1) is 13.3. The summed E-state index contributed by atoms with van der Waals surface area (Å²) in [5.41, 5.74) is 1.33. The molecular weight excluding hydrogens is 364 g/mol. The molecule has 0 atom stereocenters. The summed E-state index contributed by atoms with van der Waals surface area (Å²) in [6, 6.07) is 3.80. The van der Waals surface area contributed by atoms with Crippen LogP contribution in [0.25, 0.3) is 5.69 Å². The number of Topliss-reactive ketones (excluding diaryl/α,β-unsaturated/α-hetero) is 1. The van der Waals surface area contributed by atoms with Crippen molar-refractivity contribution in [2.24, 2.45) is 0 Å². The molecule has 4 nitrogen and oxygen atoms in total.